The normalized spacial score (nSPS) is 10.5. The van der Waals surface area contributed by atoms with E-state index in [0.29, 0.717) is 6.61 Å². The van der Waals surface area contributed by atoms with Crippen molar-refractivity contribution < 1.29 is 14.6 Å². The van der Waals surface area contributed by atoms with E-state index in [9.17, 15) is 0 Å². The highest BCUT2D eigenvalue weighted by Crippen LogP contribution is 2.33. The van der Waals surface area contributed by atoms with Crippen molar-refractivity contribution in [2.24, 2.45) is 0 Å². The molecule has 0 spiro atoms. The topological polar surface area (TPSA) is 50.7 Å². The molecule has 0 aromatic heterocycles. The van der Waals surface area contributed by atoms with Gasteiger partial charge in [0.1, 0.15) is 0 Å². The van der Waals surface area contributed by atoms with Crippen LogP contribution in [0.4, 0.5) is 0 Å². The van der Waals surface area contributed by atoms with E-state index in [1.807, 2.05) is 12.1 Å². The van der Waals surface area contributed by atoms with Gasteiger partial charge < -0.3 is 19.9 Å². The number of hydrogen-bond acceptors (Lipinski definition) is 4. The fourth-order valence-electron chi connectivity index (χ4n) is 1.62. The quantitative estimate of drug-likeness (QED) is 0.683. The molecule has 19 heavy (non-hydrogen) atoms. The maximum absolute atomic E-state index is 8.73. The molecule has 0 radical (unpaired) electrons. The molecule has 1 aromatic rings. The van der Waals surface area contributed by atoms with Crippen LogP contribution in [0.1, 0.15) is 25.3 Å². The third kappa shape index (κ3) is 5.38. The van der Waals surface area contributed by atoms with Crippen molar-refractivity contribution in [3.63, 3.8) is 0 Å². The molecular formula is C14H22BrNO3. The lowest BCUT2D eigenvalue weighted by Gasteiger charge is -2.14. The standard InChI is InChI=1S/C14H22BrNO3/c1-3-7-19-14-9-12(15)11(8-13(14)18-2)10-16-5-4-6-17/h8-9,16-17H,3-7,10H2,1-2H3. The van der Waals surface area contributed by atoms with E-state index in [-0.39, 0.29) is 6.61 Å². The number of methoxy groups -OCH3 is 1. The van der Waals surface area contributed by atoms with E-state index in [2.05, 4.69) is 28.2 Å². The van der Waals surface area contributed by atoms with Crippen molar-refractivity contribution in [2.45, 2.75) is 26.3 Å². The minimum Gasteiger partial charge on any atom is -0.493 e. The van der Waals surface area contributed by atoms with Crippen molar-refractivity contribution in [1.29, 1.82) is 0 Å². The third-order valence-corrected chi connectivity index (χ3v) is 3.36. The van der Waals surface area contributed by atoms with Gasteiger partial charge in [0, 0.05) is 17.6 Å². The predicted octanol–water partition coefficient (Wildman–Crippen LogP) is 2.72. The van der Waals surface area contributed by atoms with E-state index in [1.54, 1.807) is 7.11 Å². The summed E-state index contributed by atoms with van der Waals surface area (Å²) >= 11 is 3.55. The number of benzene rings is 1. The Balaban J connectivity index is 2.71. The molecule has 2 N–H and O–H groups in total. The highest BCUT2D eigenvalue weighted by atomic mass is 79.9. The Kier molecular flexibility index (Phi) is 7.86. The van der Waals surface area contributed by atoms with E-state index in [0.717, 1.165) is 47.5 Å². The minimum absolute atomic E-state index is 0.210. The number of nitrogens with one attached hydrogen (secondary N) is 1. The van der Waals surface area contributed by atoms with E-state index >= 15 is 0 Å². The SMILES string of the molecule is CCCOc1cc(Br)c(CNCCCO)cc1OC. The average Bonchev–Trinajstić information content (AvgIpc) is 2.42. The summed E-state index contributed by atoms with van der Waals surface area (Å²) in [4.78, 5) is 0. The van der Waals surface area contributed by atoms with Crippen LogP contribution in [0.3, 0.4) is 0 Å². The number of halogens is 1. The summed E-state index contributed by atoms with van der Waals surface area (Å²) in [6, 6.07) is 3.92. The second-order valence-electron chi connectivity index (χ2n) is 4.20. The molecule has 0 saturated heterocycles. The highest BCUT2D eigenvalue weighted by molar-refractivity contribution is 9.10. The van der Waals surface area contributed by atoms with Crippen LogP contribution < -0.4 is 14.8 Å². The second-order valence-corrected chi connectivity index (χ2v) is 5.05. The molecule has 4 nitrogen and oxygen atoms in total. The lowest BCUT2D eigenvalue weighted by atomic mass is 10.2. The van der Waals surface area contributed by atoms with Gasteiger partial charge in [-0.25, -0.2) is 0 Å². The van der Waals surface area contributed by atoms with Crippen LogP contribution in [0, 0.1) is 0 Å². The summed E-state index contributed by atoms with van der Waals surface area (Å²) in [5.41, 5.74) is 1.11. The first-order chi connectivity index (χ1) is 9.22. The predicted molar refractivity (Wildman–Crippen MR) is 79.9 cm³/mol. The molecule has 5 heteroatoms. The molecular weight excluding hydrogens is 310 g/mol. The fraction of sp³-hybridized carbons (Fsp3) is 0.571. The van der Waals surface area contributed by atoms with E-state index < -0.39 is 0 Å². The molecule has 0 fully saturated rings. The number of ether oxygens (including phenoxy) is 2. The summed E-state index contributed by atoms with van der Waals surface area (Å²) in [6.07, 6.45) is 1.72. The van der Waals surface area contributed by atoms with Crippen LogP contribution in [-0.2, 0) is 6.54 Å². The van der Waals surface area contributed by atoms with Gasteiger partial charge in [0.2, 0.25) is 0 Å². The average molecular weight is 332 g/mol. The summed E-state index contributed by atoms with van der Waals surface area (Å²) < 4.78 is 12.0. The van der Waals surface area contributed by atoms with Crippen LogP contribution in [0.2, 0.25) is 0 Å². The van der Waals surface area contributed by atoms with Crippen LogP contribution >= 0.6 is 15.9 Å². The third-order valence-electron chi connectivity index (χ3n) is 2.62. The Hall–Kier alpha value is -0.780. The molecule has 1 rings (SSSR count). The Morgan fingerprint density at radius 1 is 1.32 bits per heavy atom. The van der Waals surface area contributed by atoms with Crippen molar-refractivity contribution >= 4 is 15.9 Å². The van der Waals surface area contributed by atoms with Crippen LogP contribution in [-0.4, -0.2) is 32.0 Å². The molecule has 1 aromatic carbocycles. The Bertz CT molecular complexity index is 385. The van der Waals surface area contributed by atoms with Gasteiger partial charge in [0.25, 0.3) is 0 Å². The molecule has 0 unspecified atom stereocenters. The van der Waals surface area contributed by atoms with Crippen LogP contribution in [0.25, 0.3) is 0 Å². The smallest absolute Gasteiger partial charge is 0.162 e. The van der Waals surface area contributed by atoms with E-state index in [1.165, 1.54) is 0 Å². The second kappa shape index (κ2) is 9.18. The van der Waals surface area contributed by atoms with Gasteiger partial charge in [-0.05, 0) is 37.1 Å². The van der Waals surface area contributed by atoms with Crippen molar-refractivity contribution in [1.82, 2.24) is 5.32 Å². The first-order valence-corrected chi connectivity index (χ1v) is 7.33. The summed E-state index contributed by atoms with van der Waals surface area (Å²) in [5.74, 6) is 1.51. The number of rotatable bonds is 9. The maximum atomic E-state index is 8.73. The van der Waals surface area contributed by atoms with Gasteiger partial charge in [-0.1, -0.05) is 22.9 Å². The summed E-state index contributed by atoms with van der Waals surface area (Å²) in [5, 5.41) is 12.0. The lowest BCUT2D eigenvalue weighted by Crippen LogP contribution is -2.16. The molecule has 0 atom stereocenters. The first-order valence-electron chi connectivity index (χ1n) is 6.53. The van der Waals surface area contributed by atoms with Gasteiger partial charge in [0.15, 0.2) is 11.5 Å². The number of aliphatic hydroxyl groups is 1. The molecule has 0 aliphatic carbocycles. The van der Waals surface area contributed by atoms with Crippen LogP contribution in [0.5, 0.6) is 11.5 Å². The molecule has 0 bridgehead atoms. The molecule has 0 aliphatic rings. The molecule has 0 amide bonds. The Morgan fingerprint density at radius 2 is 2.11 bits per heavy atom. The van der Waals surface area contributed by atoms with Crippen molar-refractivity contribution in [3.05, 3.63) is 22.2 Å². The molecule has 0 heterocycles. The van der Waals surface area contributed by atoms with Crippen molar-refractivity contribution in [3.8, 4) is 11.5 Å². The van der Waals surface area contributed by atoms with Gasteiger partial charge in [-0.2, -0.15) is 0 Å². The zero-order chi connectivity index (χ0) is 14.1. The number of hydrogen-bond donors (Lipinski definition) is 2. The number of aliphatic hydroxyl groups excluding tert-OH is 1. The van der Waals surface area contributed by atoms with Gasteiger partial charge in [0.05, 0.1) is 13.7 Å². The summed E-state index contributed by atoms with van der Waals surface area (Å²) in [6.45, 7) is 4.48. The van der Waals surface area contributed by atoms with Gasteiger partial charge >= 0.3 is 0 Å². The zero-order valence-corrected chi connectivity index (χ0v) is 13.1. The first kappa shape index (κ1) is 16.3. The molecule has 0 saturated carbocycles. The van der Waals surface area contributed by atoms with Crippen LogP contribution in [0.15, 0.2) is 16.6 Å². The maximum Gasteiger partial charge on any atom is 0.162 e. The monoisotopic (exact) mass is 331 g/mol. The summed E-state index contributed by atoms with van der Waals surface area (Å²) in [7, 11) is 1.64. The molecule has 108 valence electrons. The fourth-order valence-corrected chi connectivity index (χ4v) is 2.09. The van der Waals surface area contributed by atoms with Crippen molar-refractivity contribution in [2.75, 3.05) is 26.9 Å². The van der Waals surface area contributed by atoms with Gasteiger partial charge in [-0.15, -0.1) is 0 Å². The lowest BCUT2D eigenvalue weighted by molar-refractivity contribution is 0.286. The Labute approximate surface area is 123 Å². The largest absolute Gasteiger partial charge is 0.493 e. The highest BCUT2D eigenvalue weighted by Gasteiger charge is 2.09. The zero-order valence-electron chi connectivity index (χ0n) is 11.5. The Morgan fingerprint density at radius 3 is 2.74 bits per heavy atom. The molecule has 0 aliphatic heterocycles. The minimum atomic E-state index is 0.210. The van der Waals surface area contributed by atoms with E-state index in [4.69, 9.17) is 14.6 Å². The van der Waals surface area contributed by atoms with Gasteiger partial charge in [-0.3, -0.25) is 0 Å².